The minimum atomic E-state index is -4.88. The molecule has 0 saturated carbocycles. The number of hydrogen-bond donors (Lipinski definition) is 2. The van der Waals surface area contributed by atoms with E-state index in [1.54, 1.807) is 23.9 Å². The Kier molecular flexibility index (Phi) is 7.57. The standard InChI is InChI=1S/C25H21Cl2F3N2O2S/c1-13(2)35-15-9-7-14(8-10-15)17(12-33)24-31-19-11-18(26)21(22(27)23(19)32-24)16-5-3-4-6-20(16)34-25(28,29)30/h3-11,13,17,33H,12H2,1-2H3,(H,31,32). The van der Waals surface area contributed by atoms with Gasteiger partial charge < -0.3 is 14.8 Å². The molecule has 4 rings (SSSR count). The summed E-state index contributed by atoms with van der Waals surface area (Å²) in [6.07, 6.45) is -4.88. The lowest BCUT2D eigenvalue weighted by Gasteiger charge is -2.15. The zero-order chi connectivity index (χ0) is 25.3. The van der Waals surface area contributed by atoms with E-state index in [0.717, 1.165) is 10.5 Å². The molecule has 1 heterocycles. The van der Waals surface area contributed by atoms with E-state index in [2.05, 4.69) is 28.6 Å². The van der Waals surface area contributed by atoms with E-state index >= 15 is 0 Å². The van der Waals surface area contributed by atoms with Crippen LogP contribution in [0.5, 0.6) is 5.75 Å². The van der Waals surface area contributed by atoms with Crippen LogP contribution >= 0.6 is 35.0 Å². The Balaban J connectivity index is 1.76. The summed E-state index contributed by atoms with van der Waals surface area (Å²) >= 11 is 14.8. The number of para-hydroxylation sites is 1. The van der Waals surface area contributed by atoms with Crippen molar-refractivity contribution in [3.8, 4) is 16.9 Å². The van der Waals surface area contributed by atoms with Gasteiger partial charge in [-0.05, 0) is 29.8 Å². The molecule has 0 aliphatic carbocycles. The number of rotatable bonds is 7. The van der Waals surface area contributed by atoms with Crippen LogP contribution in [0.1, 0.15) is 31.2 Å². The van der Waals surface area contributed by atoms with Crippen LogP contribution in [0.4, 0.5) is 13.2 Å². The zero-order valence-electron chi connectivity index (χ0n) is 18.7. The Bertz CT molecular complexity index is 1340. The van der Waals surface area contributed by atoms with Crippen molar-refractivity contribution in [1.82, 2.24) is 9.97 Å². The summed E-state index contributed by atoms with van der Waals surface area (Å²) < 4.78 is 43.0. The lowest BCUT2D eigenvalue weighted by molar-refractivity contribution is -0.274. The fourth-order valence-electron chi connectivity index (χ4n) is 3.80. The van der Waals surface area contributed by atoms with E-state index in [4.69, 9.17) is 23.2 Å². The highest BCUT2D eigenvalue weighted by Gasteiger charge is 2.33. The average Bonchev–Trinajstić information content (AvgIpc) is 3.19. The molecule has 0 fully saturated rings. The van der Waals surface area contributed by atoms with Gasteiger partial charge in [0.05, 0.1) is 28.1 Å². The van der Waals surface area contributed by atoms with E-state index in [1.807, 2.05) is 24.3 Å². The van der Waals surface area contributed by atoms with Crippen molar-refractivity contribution in [3.05, 3.63) is 76.0 Å². The summed E-state index contributed by atoms with van der Waals surface area (Å²) in [4.78, 5) is 8.85. The number of aliphatic hydroxyl groups excluding tert-OH is 1. The molecule has 4 aromatic rings. The number of imidazole rings is 1. The molecule has 0 amide bonds. The largest absolute Gasteiger partial charge is 0.573 e. The molecule has 0 spiro atoms. The van der Waals surface area contributed by atoms with Gasteiger partial charge in [0.1, 0.15) is 17.1 Å². The van der Waals surface area contributed by atoms with Crippen LogP contribution in [0, 0.1) is 0 Å². The molecule has 0 bridgehead atoms. The van der Waals surface area contributed by atoms with Crippen molar-refractivity contribution < 1.29 is 23.0 Å². The second-order valence-electron chi connectivity index (χ2n) is 8.08. The van der Waals surface area contributed by atoms with Gasteiger partial charge in [0.15, 0.2) is 0 Å². The van der Waals surface area contributed by atoms with Gasteiger partial charge in [-0.15, -0.1) is 24.9 Å². The van der Waals surface area contributed by atoms with Gasteiger partial charge in [0, 0.05) is 21.3 Å². The highest BCUT2D eigenvalue weighted by molar-refractivity contribution is 7.99. The van der Waals surface area contributed by atoms with Crippen LogP contribution in [0.15, 0.2) is 59.5 Å². The number of alkyl halides is 3. The quantitative estimate of drug-likeness (QED) is 0.233. The van der Waals surface area contributed by atoms with Crippen molar-refractivity contribution in [1.29, 1.82) is 0 Å². The lowest BCUT2D eigenvalue weighted by Crippen LogP contribution is -2.17. The topological polar surface area (TPSA) is 58.1 Å². The van der Waals surface area contributed by atoms with Crippen LogP contribution in [-0.2, 0) is 0 Å². The lowest BCUT2D eigenvalue weighted by atomic mass is 9.99. The molecule has 10 heteroatoms. The van der Waals surface area contributed by atoms with E-state index < -0.39 is 18.0 Å². The number of fused-ring (bicyclic) bond motifs is 1. The van der Waals surface area contributed by atoms with Gasteiger partial charge in [-0.2, -0.15) is 0 Å². The number of ether oxygens (including phenoxy) is 1. The molecule has 0 saturated heterocycles. The third-order valence-electron chi connectivity index (χ3n) is 5.24. The van der Waals surface area contributed by atoms with Gasteiger partial charge in [0.25, 0.3) is 0 Å². The maximum Gasteiger partial charge on any atom is 0.573 e. The Hall–Kier alpha value is -2.39. The highest BCUT2D eigenvalue weighted by atomic mass is 35.5. The minimum absolute atomic E-state index is 0.0774. The third-order valence-corrected chi connectivity index (χ3v) is 6.92. The minimum Gasteiger partial charge on any atom is -0.405 e. The normalized spacial score (nSPS) is 12.9. The van der Waals surface area contributed by atoms with Crippen molar-refractivity contribution in [2.24, 2.45) is 0 Å². The molecule has 3 aromatic carbocycles. The summed E-state index contributed by atoms with van der Waals surface area (Å²) in [5, 5.41) is 10.8. The number of nitrogens with zero attached hydrogens (tertiary/aromatic N) is 1. The number of benzene rings is 3. The molecule has 2 N–H and O–H groups in total. The fraction of sp³-hybridized carbons (Fsp3) is 0.240. The summed E-state index contributed by atoms with van der Waals surface area (Å²) in [6, 6.07) is 15.0. The van der Waals surface area contributed by atoms with Crippen LogP contribution in [0.25, 0.3) is 22.2 Å². The Morgan fingerprint density at radius 3 is 2.40 bits per heavy atom. The van der Waals surface area contributed by atoms with E-state index in [-0.39, 0.29) is 27.8 Å². The maximum absolute atomic E-state index is 12.9. The number of aromatic amines is 1. The predicted octanol–water partition coefficient (Wildman–Crippen LogP) is 8.06. The maximum atomic E-state index is 12.9. The molecule has 1 unspecified atom stereocenters. The summed E-state index contributed by atoms with van der Waals surface area (Å²) in [7, 11) is 0. The zero-order valence-corrected chi connectivity index (χ0v) is 21.0. The van der Waals surface area contributed by atoms with E-state index in [9.17, 15) is 18.3 Å². The number of nitrogens with one attached hydrogen (secondary N) is 1. The Labute approximate surface area is 214 Å². The second-order valence-corrected chi connectivity index (χ2v) is 10.5. The molecular formula is C25H21Cl2F3N2O2S. The van der Waals surface area contributed by atoms with Crippen molar-refractivity contribution in [2.75, 3.05) is 6.61 Å². The number of H-pyrrole nitrogens is 1. The molecule has 1 aromatic heterocycles. The first-order valence-electron chi connectivity index (χ1n) is 10.7. The summed E-state index contributed by atoms with van der Waals surface area (Å²) in [5.74, 6) is -0.423. The molecule has 0 radical (unpaired) electrons. The highest BCUT2D eigenvalue weighted by Crippen LogP contribution is 2.44. The van der Waals surface area contributed by atoms with Gasteiger partial charge in [-0.1, -0.05) is 67.4 Å². The number of aromatic nitrogens is 2. The first-order chi connectivity index (χ1) is 16.6. The van der Waals surface area contributed by atoms with Crippen LogP contribution in [0.3, 0.4) is 0 Å². The molecule has 35 heavy (non-hydrogen) atoms. The predicted molar refractivity (Wildman–Crippen MR) is 135 cm³/mol. The van der Waals surface area contributed by atoms with Crippen molar-refractivity contribution in [2.45, 2.75) is 36.3 Å². The van der Waals surface area contributed by atoms with E-state index in [0.29, 0.717) is 22.1 Å². The molecule has 0 aliphatic heterocycles. The van der Waals surface area contributed by atoms with Crippen LogP contribution in [-0.4, -0.2) is 33.3 Å². The van der Waals surface area contributed by atoms with Crippen molar-refractivity contribution in [3.63, 3.8) is 0 Å². The number of aliphatic hydroxyl groups is 1. The monoisotopic (exact) mass is 540 g/mol. The number of thioether (sulfide) groups is 1. The fourth-order valence-corrected chi connectivity index (χ4v) is 5.34. The molecule has 4 nitrogen and oxygen atoms in total. The van der Waals surface area contributed by atoms with E-state index in [1.165, 1.54) is 18.2 Å². The first-order valence-corrected chi connectivity index (χ1v) is 12.3. The number of halogens is 5. The van der Waals surface area contributed by atoms with Gasteiger partial charge >= 0.3 is 6.36 Å². The summed E-state index contributed by atoms with van der Waals surface area (Å²) in [5.41, 5.74) is 1.94. The Morgan fingerprint density at radius 1 is 1.09 bits per heavy atom. The molecular weight excluding hydrogens is 520 g/mol. The third kappa shape index (κ3) is 5.72. The van der Waals surface area contributed by atoms with Crippen LogP contribution < -0.4 is 4.74 Å². The summed E-state index contributed by atoms with van der Waals surface area (Å²) in [6.45, 7) is 4.01. The van der Waals surface area contributed by atoms with Crippen molar-refractivity contribution >= 4 is 46.0 Å². The smallest absolute Gasteiger partial charge is 0.405 e. The number of hydrogen-bond acceptors (Lipinski definition) is 4. The molecule has 0 aliphatic rings. The molecule has 184 valence electrons. The van der Waals surface area contributed by atoms with Crippen LogP contribution in [0.2, 0.25) is 10.0 Å². The second kappa shape index (κ2) is 10.3. The SMILES string of the molecule is CC(C)Sc1ccc(C(CO)c2nc3c(Cl)c(-c4ccccc4OC(F)(F)F)c(Cl)cc3[nH]2)cc1. The van der Waals surface area contributed by atoms with Gasteiger partial charge in [0.2, 0.25) is 0 Å². The van der Waals surface area contributed by atoms with Gasteiger partial charge in [-0.25, -0.2) is 4.98 Å². The van der Waals surface area contributed by atoms with Gasteiger partial charge in [-0.3, -0.25) is 0 Å². The Morgan fingerprint density at radius 2 is 1.77 bits per heavy atom. The first kappa shape index (κ1) is 25.7. The molecule has 1 atom stereocenters. The average molecular weight is 541 g/mol.